The Hall–Kier alpha value is -0.845. The average Bonchev–Trinajstić information content (AvgIpc) is 3.10. The number of nitrogens with zero attached hydrogens (tertiary/aromatic N) is 1. The first kappa shape index (κ1) is 14.1. The average molecular weight is 278 g/mol. The van der Waals surface area contributed by atoms with Crippen molar-refractivity contribution in [2.45, 2.75) is 69.8 Å². The molecule has 5 nitrogen and oxygen atoms in total. The second-order valence-corrected chi connectivity index (χ2v) is 6.89. The molecule has 2 unspecified atom stereocenters. The smallest absolute Gasteiger partial charge is 0.403 e. The fraction of sp³-hybridized carbons (Fsp3) is 0.786. The molecule has 0 aromatic rings. The highest BCUT2D eigenvalue weighted by Crippen LogP contribution is 2.42. The van der Waals surface area contributed by atoms with Gasteiger partial charge in [0.15, 0.2) is 0 Å². The highest BCUT2D eigenvalue weighted by molar-refractivity contribution is 6.52. The van der Waals surface area contributed by atoms with Gasteiger partial charge < -0.3 is 19.8 Å². The summed E-state index contributed by atoms with van der Waals surface area (Å²) in [5, 5.41) is 0. The zero-order valence-corrected chi connectivity index (χ0v) is 12.6. The maximum atomic E-state index is 6.11. The van der Waals surface area contributed by atoms with Gasteiger partial charge in [0.2, 0.25) is 0 Å². The van der Waals surface area contributed by atoms with E-state index >= 15 is 0 Å². The van der Waals surface area contributed by atoms with E-state index in [4.69, 9.17) is 19.8 Å². The Kier molecular flexibility index (Phi) is 3.23. The van der Waals surface area contributed by atoms with E-state index in [0.717, 1.165) is 12.8 Å². The summed E-state index contributed by atoms with van der Waals surface area (Å²) in [6.45, 7) is 8.18. The molecule has 0 bridgehead atoms. The first-order chi connectivity index (χ1) is 9.30. The predicted molar refractivity (Wildman–Crippen MR) is 78.5 cm³/mol. The Labute approximate surface area is 120 Å². The molecular formula is C14H23BN2O3. The first-order valence-corrected chi connectivity index (χ1v) is 7.30. The quantitative estimate of drug-likeness (QED) is 0.800. The Balaban J connectivity index is 1.78. The molecule has 2 atom stereocenters. The Bertz CT molecular complexity index is 441. The van der Waals surface area contributed by atoms with Gasteiger partial charge in [0.1, 0.15) is 6.10 Å². The van der Waals surface area contributed by atoms with Gasteiger partial charge in [-0.1, -0.05) is 0 Å². The third-order valence-electron chi connectivity index (χ3n) is 4.61. The normalized spacial score (nSPS) is 35.2. The fourth-order valence-electron chi connectivity index (χ4n) is 2.44. The fourth-order valence-corrected chi connectivity index (χ4v) is 2.44. The van der Waals surface area contributed by atoms with Crippen molar-refractivity contribution in [3.8, 4) is 0 Å². The summed E-state index contributed by atoms with van der Waals surface area (Å²) in [7, 11) is -0.375. The van der Waals surface area contributed by atoms with Crippen LogP contribution in [0.5, 0.6) is 0 Å². The predicted octanol–water partition coefficient (Wildman–Crippen LogP) is 1.88. The molecule has 3 aliphatic rings. The van der Waals surface area contributed by atoms with E-state index in [2.05, 4.69) is 4.99 Å². The third kappa shape index (κ3) is 2.40. The Morgan fingerprint density at radius 1 is 1.25 bits per heavy atom. The van der Waals surface area contributed by atoms with E-state index in [1.54, 1.807) is 6.20 Å². The summed E-state index contributed by atoms with van der Waals surface area (Å²) in [6.07, 6.45) is 5.84. The van der Waals surface area contributed by atoms with Gasteiger partial charge in [-0.05, 0) is 40.5 Å². The Morgan fingerprint density at radius 2 is 1.85 bits per heavy atom. The molecular weight excluding hydrogens is 255 g/mol. The molecule has 2 N–H and O–H groups in total. The zero-order valence-electron chi connectivity index (χ0n) is 12.6. The van der Waals surface area contributed by atoms with Crippen LogP contribution in [0.3, 0.4) is 0 Å². The van der Waals surface area contributed by atoms with Crippen molar-refractivity contribution in [1.82, 2.24) is 0 Å². The molecule has 0 aromatic carbocycles. The number of ether oxygens (including phenoxy) is 1. The highest BCUT2D eigenvalue weighted by atomic mass is 16.7. The van der Waals surface area contributed by atoms with Crippen LogP contribution < -0.4 is 5.73 Å². The zero-order chi connectivity index (χ0) is 14.5. The van der Waals surface area contributed by atoms with E-state index in [1.807, 2.05) is 33.9 Å². The molecule has 0 spiro atoms. The van der Waals surface area contributed by atoms with Gasteiger partial charge in [-0.2, -0.15) is 0 Å². The molecule has 1 saturated carbocycles. The highest BCUT2D eigenvalue weighted by Gasteiger charge is 2.56. The van der Waals surface area contributed by atoms with Crippen LogP contribution in [-0.4, -0.2) is 36.7 Å². The molecule has 2 fully saturated rings. The summed E-state index contributed by atoms with van der Waals surface area (Å²) in [5.74, 6) is -0.0957. The van der Waals surface area contributed by atoms with Crippen LogP contribution in [0, 0.1) is 0 Å². The lowest BCUT2D eigenvalue weighted by Crippen LogP contribution is -2.41. The minimum absolute atomic E-state index is 0.0957. The summed E-state index contributed by atoms with van der Waals surface area (Å²) in [5.41, 5.74) is 6.00. The topological polar surface area (TPSA) is 66.1 Å². The summed E-state index contributed by atoms with van der Waals surface area (Å²) >= 11 is 0. The van der Waals surface area contributed by atoms with Crippen molar-refractivity contribution >= 4 is 13.3 Å². The monoisotopic (exact) mass is 278 g/mol. The van der Waals surface area contributed by atoms with Gasteiger partial charge in [0.05, 0.1) is 28.8 Å². The SMILES string of the molecule is CC1(C)OB(C2C=NC=C(N)C2OC2CC2)OC1(C)C. The van der Waals surface area contributed by atoms with Gasteiger partial charge in [-0.3, -0.25) is 4.99 Å². The van der Waals surface area contributed by atoms with Crippen molar-refractivity contribution in [2.24, 2.45) is 10.7 Å². The van der Waals surface area contributed by atoms with Gasteiger partial charge >= 0.3 is 7.12 Å². The molecule has 0 amide bonds. The number of aliphatic imine (C=N–C) groups is 1. The summed E-state index contributed by atoms with van der Waals surface area (Å²) in [4.78, 5) is 4.21. The lowest BCUT2D eigenvalue weighted by atomic mass is 9.68. The van der Waals surface area contributed by atoms with Gasteiger partial charge in [-0.15, -0.1) is 0 Å². The second kappa shape index (κ2) is 4.58. The molecule has 0 aromatic heterocycles. The molecule has 2 aliphatic heterocycles. The Morgan fingerprint density at radius 3 is 2.40 bits per heavy atom. The van der Waals surface area contributed by atoms with Crippen LogP contribution in [0.2, 0.25) is 5.82 Å². The minimum atomic E-state index is -0.375. The molecule has 20 heavy (non-hydrogen) atoms. The number of rotatable bonds is 3. The van der Waals surface area contributed by atoms with E-state index in [-0.39, 0.29) is 30.2 Å². The second-order valence-electron chi connectivity index (χ2n) is 6.89. The van der Waals surface area contributed by atoms with Crippen LogP contribution in [0.15, 0.2) is 16.9 Å². The molecule has 1 saturated heterocycles. The lowest BCUT2D eigenvalue weighted by Gasteiger charge is -2.32. The van der Waals surface area contributed by atoms with E-state index in [0.29, 0.717) is 11.8 Å². The number of nitrogens with two attached hydrogens (primary N) is 1. The number of hydrogen-bond donors (Lipinski definition) is 1. The lowest BCUT2D eigenvalue weighted by molar-refractivity contribution is 0.00578. The van der Waals surface area contributed by atoms with Gasteiger partial charge in [-0.25, -0.2) is 0 Å². The van der Waals surface area contributed by atoms with E-state index in [9.17, 15) is 0 Å². The summed E-state index contributed by atoms with van der Waals surface area (Å²) < 4.78 is 18.2. The summed E-state index contributed by atoms with van der Waals surface area (Å²) in [6, 6.07) is 0. The maximum absolute atomic E-state index is 6.11. The van der Waals surface area contributed by atoms with E-state index in [1.165, 1.54) is 0 Å². The van der Waals surface area contributed by atoms with Gasteiger partial charge in [0.25, 0.3) is 0 Å². The van der Waals surface area contributed by atoms with Gasteiger partial charge in [0, 0.05) is 12.4 Å². The van der Waals surface area contributed by atoms with Crippen LogP contribution >= 0.6 is 0 Å². The van der Waals surface area contributed by atoms with E-state index < -0.39 is 0 Å². The van der Waals surface area contributed by atoms with Crippen LogP contribution in [-0.2, 0) is 14.0 Å². The van der Waals surface area contributed by atoms with Crippen molar-refractivity contribution in [3.63, 3.8) is 0 Å². The van der Waals surface area contributed by atoms with Crippen molar-refractivity contribution in [3.05, 3.63) is 11.9 Å². The molecule has 0 radical (unpaired) electrons. The molecule has 6 heteroatoms. The largest absolute Gasteiger partial charge is 0.469 e. The maximum Gasteiger partial charge on any atom is 0.469 e. The standard InChI is InChI=1S/C14H23BN2O3/c1-13(2)14(3,4)20-15(19-13)10-7-17-8-11(16)12(10)18-9-5-6-9/h7-10,12H,5-6,16H2,1-4H3. The van der Waals surface area contributed by atoms with Crippen molar-refractivity contribution in [1.29, 1.82) is 0 Å². The van der Waals surface area contributed by atoms with Crippen molar-refractivity contribution < 1.29 is 14.0 Å². The van der Waals surface area contributed by atoms with Crippen LogP contribution in [0.4, 0.5) is 0 Å². The van der Waals surface area contributed by atoms with Crippen LogP contribution in [0.1, 0.15) is 40.5 Å². The molecule has 3 rings (SSSR count). The molecule has 2 heterocycles. The van der Waals surface area contributed by atoms with Crippen molar-refractivity contribution in [2.75, 3.05) is 0 Å². The minimum Gasteiger partial charge on any atom is -0.403 e. The first-order valence-electron chi connectivity index (χ1n) is 7.30. The van der Waals surface area contributed by atoms with Crippen LogP contribution in [0.25, 0.3) is 0 Å². The number of hydrogen-bond acceptors (Lipinski definition) is 5. The molecule has 110 valence electrons. The third-order valence-corrected chi connectivity index (χ3v) is 4.61. The molecule has 1 aliphatic carbocycles.